The molecular formula is C2H3NS3. The molecule has 34 valence electrons. The topological polar surface area (TPSA) is 12.0 Å². The van der Waals surface area contributed by atoms with Gasteiger partial charge in [-0.2, -0.15) is 0 Å². The van der Waals surface area contributed by atoms with Gasteiger partial charge >= 0.3 is 0 Å². The highest BCUT2D eigenvalue weighted by atomic mass is 33.1. The van der Waals surface area contributed by atoms with E-state index in [9.17, 15) is 0 Å². The summed E-state index contributed by atoms with van der Waals surface area (Å²) in [7, 11) is 3.38. The maximum Gasteiger partial charge on any atom is 0.145 e. The molecule has 4 heteroatoms. The lowest BCUT2D eigenvalue weighted by molar-refractivity contribution is 1.19. The number of rotatable bonds is 0. The predicted octanol–water partition coefficient (Wildman–Crippen LogP) is 1.21. The minimum absolute atomic E-state index is 0.917. The summed E-state index contributed by atoms with van der Waals surface area (Å²) in [6, 6.07) is 0. The summed E-state index contributed by atoms with van der Waals surface area (Å²) in [5.74, 6) is 0.976. The first kappa shape index (κ1) is 4.74. The lowest BCUT2D eigenvalue weighted by atomic mass is 11.2. The molecule has 0 aromatic heterocycles. The van der Waals surface area contributed by atoms with E-state index in [0.717, 1.165) is 10.2 Å². The van der Waals surface area contributed by atoms with Crippen LogP contribution in [0, 0.1) is 0 Å². The lowest BCUT2D eigenvalue weighted by Gasteiger charge is -1.80. The molecule has 6 heavy (non-hydrogen) atoms. The van der Waals surface area contributed by atoms with Crippen molar-refractivity contribution in [3.8, 4) is 0 Å². The van der Waals surface area contributed by atoms with E-state index in [1.807, 2.05) is 0 Å². The van der Waals surface area contributed by atoms with Crippen LogP contribution in [-0.2, 0) is 0 Å². The monoisotopic (exact) mass is 137 g/mol. The predicted molar refractivity (Wildman–Crippen MR) is 35.8 cm³/mol. The standard InChI is InChI=1S/C2H3NS3/c4-2-3-1-5-6-2/h1H2,(H,3,4). The minimum Gasteiger partial charge on any atom is -0.360 e. The van der Waals surface area contributed by atoms with Gasteiger partial charge in [0.1, 0.15) is 4.32 Å². The number of hydrogen-bond acceptors (Lipinski definition) is 3. The second-order valence-corrected chi connectivity index (χ2v) is 3.78. The Morgan fingerprint density at radius 2 is 2.67 bits per heavy atom. The van der Waals surface area contributed by atoms with Crippen LogP contribution < -0.4 is 5.32 Å². The summed E-state index contributed by atoms with van der Waals surface area (Å²) in [4.78, 5) is 0. The van der Waals surface area contributed by atoms with Gasteiger partial charge in [0.25, 0.3) is 0 Å². The molecule has 1 N–H and O–H groups in total. The highest BCUT2D eigenvalue weighted by Crippen LogP contribution is 2.25. The van der Waals surface area contributed by atoms with Gasteiger partial charge < -0.3 is 5.32 Å². The first-order valence-corrected chi connectivity index (χ1v) is 4.19. The van der Waals surface area contributed by atoms with E-state index in [1.165, 1.54) is 0 Å². The summed E-state index contributed by atoms with van der Waals surface area (Å²) >= 11 is 4.75. The van der Waals surface area contributed by atoms with E-state index in [1.54, 1.807) is 21.6 Å². The van der Waals surface area contributed by atoms with Gasteiger partial charge in [0.05, 0.1) is 5.88 Å². The molecule has 0 saturated carbocycles. The molecule has 1 rings (SSSR count). The van der Waals surface area contributed by atoms with Crippen molar-refractivity contribution in [2.45, 2.75) is 0 Å². The van der Waals surface area contributed by atoms with Crippen LogP contribution in [0.3, 0.4) is 0 Å². The lowest BCUT2D eigenvalue weighted by Crippen LogP contribution is -2.08. The van der Waals surface area contributed by atoms with Gasteiger partial charge in [-0.1, -0.05) is 23.0 Å². The van der Waals surface area contributed by atoms with Crippen molar-refractivity contribution in [3.05, 3.63) is 0 Å². The summed E-state index contributed by atoms with van der Waals surface area (Å²) in [5.41, 5.74) is 0. The number of nitrogens with one attached hydrogen (secondary N) is 1. The fourth-order valence-corrected chi connectivity index (χ4v) is 2.24. The van der Waals surface area contributed by atoms with Crippen molar-refractivity contribution in [2.75, 3.05) is 5.88 Å². The van der Waals surface area contributed by atoms with Crippen molar-refractivity contribution in [3.63, 3.8) is 0 Å². The molecule has 0 amide bonds. The summed E-state index contributed by atoms with van der Waals surface area (Å²) < 4.78 is 0.917. The molecule has 0 bridgehead atoms. The van der Waals surface area contributed by atoms with Crippen LogP contribution in [0.25, 0.3) is 0 Å². The van der Waals surface area contributed by atoms with Gasteiger partial charge in [0.2, 0.25) is 0 Å². The summed E-state index contributed by atoms with van der Waals surface area (Å²) in [6.07, 6.45) is 0. The number of thiocarbonyl (C=S) groups is 1. The molecule has 0 atom stereocenters. The Morgan fingerprint density at radius 1 is 1.83 bits per heavy atom. The summed E-state index contributed by atoms with van der Waals surface area (Å²) in [5, 5.41) is 2.98. The maximum absolute atomic E-state index is 4.75. The fourth-order valence-electron chi connectivity index (χ4n) is 0.201. The first-order chi connectivity index (χ1) is 2.89. The fraction of sp³-hybridized carbons (Fsp3) is 0.500. The molecule has 0 aromatic rings. The Morgan fingerprint density at radius 3 is 2.83 bits per heavy atom. The van der Waals surface area contributed by atoms with Gasteiger partial charge in [0.15, 0.2) is 0 Å². The zero-order chi connectivity index (χ0) is 4.41. The van der Waals surface area contributed by atoms with Crippen LogP contribution in [0.2, 0.25) is 0 Å². The molecule has 1 nitrogen and oxygen atoms in total. The van der Waals surface area contributed by atoms with E-state index in [2.05, 4.69) is 5.32 Å². The third-order valence-electron chi connectivity index (χ3n) is 0.410. The van der Waals surface area contributed by atoms with Crippen LogP contribution in [0.5, 0.6) is 0 Å². The third kappa shape index (κ3) is 1.03. The zero-order valence-electron chi connectivity index (χ0n) is 2.93. The van der Waals surface area contributed by atoms with Crippen LogP contribution >= 0.6 is 33.8 Å². The second kappa shape index (κ2) is 2.04. The Labute approximate surface area is 49.7 Å². The van der Waals surface area contributed by atoms with Crippen molar-refractivity contribution in [2.24, 2.45) is 0 Å². The second-order valence-electron chi connectivity index (χ2n) is 0.810. The van der Waals surface area contributed by atoms with Crippen LogP contribution in [0.15, 0.2) is 0 Å². The third-order valence-corrected chi connectivity index (χ3v) is 3.00. The smallest absolute Gasteiger partial charge is 0.145 e. The SMILES string of the molecule is S=C1NCSS1. The highest BCUT2D eigenvalue weighted by Gasteiger charge is 2.03. The molecule has 1 aliphatic heterocycles. The van der Waals surface area contributed by atoms with E-state index in [4.69, 9.17) is 12.2 Å². The van der Waals surface area contributed by atoms with Gasteiger partial charge in [-0.3, -0.25) is 0 Å². The molecule has 1 fully saturated rings. The molecule has 0 unspecified atom stereocenters. The van der Waals surface area contributed by atoms with E-state index < -0.39 is 0 Å². The van der Waals surface area contributed by atoms with Crippen molar-refractivity contribution >= 4 is 38.1 Å². The van der Waals surface area contributed by atoms with Crippen molar-refractivity contribution < 1.29 is 0 Å². The highest BCUT2D eigenvalue weighted by molar-refractivity contribution is 8.84. The Kier molecular flexibility index (Phi) is 1.62. The van der Waals surface area contributed by atoms with Crippen molar-refractivity contribution in [1.29, 1.82) is 0 Å². The van der Waals surface area contributed by atoms with Gasteiger partial charge in [-0.05, 0) is 10.8 Å². The van der Waals surface area contributed by atoms with Crippen LogP contribution in [0.1, 0.15) is 0 Å². The van der Waals surface area contributed by atoms with E-state index in [-0.39, 0.29) is 0 Å². The van der Waals surface area contributed by atoms with E-state index >= 15 is 0 Å². The number of hydrogen-bond donors (Lipinski definition) is 1. The molecule has 1 aliphatic rings. The normalized spacial score (nSPS) is 21.0. The minimum atomic E-state index is 0.917. The van der Waals surface area contributed by atoms with Crippen molar-refractivity contribution in [1.82, 2.24) is 5.32 Å². The summed E-state index contributed by atoms with van der Waals surface area (Å²) in [6.45, 7) is 0. The Hall–Kier alpha value is 0.590. The maximum atomic E-state index is 4.75. The molecule has 1 saturated heterocycles. The molecule has 0 aromatic carbocycles. The molecule has 0 radical (unpaired) electrons. The van der Waals surface area contributed by atoms with Gasteiger partial charge in [-0.15, -0.1) is 0 Å². The van der Waals surface area contributed by atoms with Gasteiger partial charge in [-0.25, -0.2) is 0 Å². The average Bonchev–Trinajstić information content (AvgIpc) is 1.86. The average molecular weight is 137 g/mol. The quantitative estimate of drug-likeness (QED) is 0.397. The molecule has 0 spiro atoms. The van der Waals surface area contributed by atoms with E-state index in [0.29, 0.717) is 0 Å². The molecular weight excluding hydrogens is 134 g/mol. The largest absolute Gasteiger partial charge is 0.360 e. The zero-order valence-corrected chi connectivity index (χ0v) is 5.38. The molecule has 1 heterocycles. The Balaban J connectivity index is 2.37. The first-order valence-electron chi connectivity index (χ1n) is 1.47. The van der Waals surface area contributed by atoms with Gasteiger partial charge in [0, 0.05) is 0 Å². The Bertz CT molecular complexity index is 63.2. The molecule has 0 aliphatic carbocycles. The van der Waals surface area contributed by atoms with Crippen LogP contribution in [-0.4, -0.2) is 10.2 Å². The van der Waals surface area contributed by atoms with Crippen LogP contribution in [0.4, 0.5) is 0 Å².